The summed E-state index contributed by atoms with van der Waals surface area (Å²) in [5, 5.41) is 0. The molecule has 0 unspecified atom stereocenters. The van der Waals surface area contributed by atoms with Crippen LogP contribution in [-0.2, 0) is 11.3 Å². The SMILES string of the molecule is O=C1OCc2ccc(OC(F)F)cc21. The Labute approximate surface area is 78.2 Å². The lowest BCUT2D eigenvalue weighted by Crippen LogP contribution is -2.03. The summed E-state index contributed by atoms with van der Waals surface area (Å²) < 4.78 is 32.5. The summed E-state index contributed by atoms with van der Waals surface area (Å²) >= 11 is 0. The van der Waals surface area contributed by atoms with Crippen LogP contribution in [0.2, 0.25) is 0 Å². The Bertz CT molecular complexity index is 376. The van der Waals surface area contributed by atoms with Gasteiger partial charge in [0.25, 0.3) is 0 Å². The Kier molecular flexibility index (Phi) is 2.07. The molecule has 74 valence electrons. The van der Waals surface area contributed by atoms with Gasteiger partial charge < -0.3 is 9.47 Å². The third-order valence-corrected chi connectivity index (χ3v) is 1.89. The quantitative estimate of drug-likeness (QED) is 0.684. The zero-order valence-electron chi connectivity index (χ0n) is 7.00. The fourth-order valence-electron chi connectivity index (χ4n) is 1.27. The van der Waals surface area contributed by atoms with E-state index in [1.165, 1.54) is 18.2 Å². The predicted molar refractivity (Wildman–Crippen MR) is 42.2 cm³/mol. The number of alkyl halides is 2. The van der Waals surface area contributed by atoms with Gasteiger partial charge in [0.15, 0.2) is 0 Å². The van der Waals surface area contributed by atoms with Crippen LogP contribution in [0.5, 0.6) is 5.75 Å². The maximum Gasteiger partial charge on any atom is 0.387 e. The van der Waals surface area contributed by atoms with E-state index < -0.39 is 12.6 Å². The summed E-state index contributed by atoms with van der Waals surface area (Å²) in [5.41, 5.74) is 0.986. The number of ether oxygens (including phenoxy) is 2. The fourth-order valence-corrected chi connectivity index (χ4v) is 1.27. The summed E-state index contributed by atoms with van der Waals surface area (Å²) in [6.07, 6.45) is 0. The highest BCUT2D eigenvalue weighted by Gasteiger charge is 2.21. The van der Waals surface area contributed by atoms with Gasteiger partial charge in [0, 0.05) is 5.56 Å². The van der Waals surface area contributed by atoms with Crippen molar-refractivity contribution in [1.29, 1.82) is 0 Å². The van der Waals surface area contributed by atoms with Gasteiger partial charge in [-0.2, -0.15) is 8.78 Å². The molecule has 0 radical (unpaired) electrons. The number of carbonyl (C=O) groups is 1. The number of benzene rings is 1. The first-order valence-corrected chi connectivity index (χ1v) is 3.91. The number of esters is 1. The average Bonchev–Trinajstić information content (AvgIpc) is 2.47. The van der Waals surface area contributed by atoms with E-state index in [1.807, 2.05) is 0 Å². The van der Waals surface area contributed by atoms with Crippen molar-refractivity contribution < 1.29 is 23.0 Å². The van der Waals surface area contributed by atoms with Crippen molar-refractivity contribution in [1.82, 2.24) is 0 Å². The van der Waals surface area contributed by atoms with E-state index in [2.05, 4.69) is 4.74 Å². The highest BCUT2D eigenvalue weighted by molar-refractivity contribution is 5.93. The van der Waals surface area contributed by atoms with Crippen molar-refractivity contribution in [2.24, 2.45) is 0 Å². The van der Waals surface area contributed by atoms with E-state index in [4.69, 9.17) is 4.74 Å². The topological polar surface area (TPSA) is 35.5 Å². The molecule has 0 amide bonds. The number of carbonyl (C=O) groups excluding carboxylic acids is 1. The van der Waals surface area contributed by atoms with Gasteiger partial charge in [-0.05, 0) is 12.1 Å². The Morgan fingerprint density at radius 3 is 2.93 bits per heavy atom. The first-order valence-electron chi connectivity index (χ1n) is 3.91. The molecule has 0 bridgehead atoms. The van der Waals surface area contributed by atoms with Crippen LogP contribution >= 0.6 is 0 Å². The molecule has 0 saturated heterocycles. The van der Waals surface area contributed by atoms with Crippen LogP contribution in [0.25, 0.3) is 0 Å². The molecular formula is C9H6F2O3. The number of hydrogen-bond donors (Lipinski definition) is 0. The molecule has 0 N–H and O–H groups in total. The van der Waals surface area contributed by atoms with Gasteiger partial charge >= 0.3 is 12.6 Å². The average molecular weight is 200 g/mol. The molecule has 0 saturated carbocycles. The maximum absolute atomic E-state index is 11.8. The lowest BCUT2D eigenvalue weighted by Gasteiger charge is -2.04. The Hall–Kier alpha value is -1.65. The lowest BCUT2D eigenvalue weighted by atomic mass is 10.1. The molecule has 0 spiro atoms. The second kappa shape index (κ2) is 3.25. The Morgan fingerprint density at radius 2 is 2.21 bits per heavy atom. The summed E-state index contributed by atoms with van der Waals surface area (Å²) in [5.74, 6) is -0.530. The van der Waals surface area contributed by atoms with Crippen molar-refractivity contribution >= 4 is 5.97 Å². The highest BCUT2D eigenvalue weighted by Crippen LogP contribution is 2.25. The van der Waals surface area contributed by atoms with E-state index in [1.54, 1.807) is 0 Å². The molecular weight excluding hydrogens is 194 g/mol. The van der Waals surface area contributed by atoms with Crippen LogP contribution in [0.1, 0.15) is 15.9 Å². The minimum atomic E-state index is -2.88. The van der Waals surface area contributed by atoms with Crippen LogP contribution in [0.3, 0.4) is 0 Å². The van der Waals surface area contributed by atoms with Crippen LogP contribution in [0, 0.1) is 0 Å². The van der Waals surface area contributed by atoms with Crippen LogP contribution < -0.4 is 4.74 Å². The number of fused-ring (bicyclic) bond motifs is 1. The van der Waals surface area contributed by atoms with Gasteiger partial charge in [0.1, 0.15) is 12.4 Å². The second-order valence-electron chi connectivity index (χ2n) is 2.77. The first kappa shape index (κ1) is 8.93. The fraction of sp³-hybridized carbons (Fsp3) is 0.222. The molecule has 1 aliphatic rings. The van der Waals surface area contributed by atoms with E-state index >= 15 is 0 Å². The standard InChI is InChI=1S/C9H6F2O3/c10-9(11)14-6-2-1-5-4-13-8(12)7(5)3-6/h1-3,9H,4H2. The summed E-state index contributed by atoms with van der Waals surface area (Å²) in [7, 11) is 0. The Morgan fingerprint density at radius 1 is 1.43 bits per heavy atom. The van der Waals surface area contributed by atoms with E-state index in [0.29, 0.717) is 11.1 Å². The zero-order valence-corrected chi connectivity index (χ0v) is 7.00. The van der Waals surface area contributed by atoms with Crippen LogP contribution in [0.4, 0.5) is 8.78 Å². The molecule has 1 aromatic rings. The monoisotopic (exact) mass is 200 g/mol. The van der Waals surface area contributed by atoms with Crippen molar-refractivity contribution in [3.63, 3.8) is 0 Å². The number of rotatable bonds is 2. The minimum absolute atomic E-state index is 0.0300. The normalized spacial score (nSPS) is 14.1. The minimum Gasteiger partial charge on any atom is -0.457 e. The highest BCUT2D eigenvalue weighted by atomic mass is 19.3. The summed E-state index contributed by atoms with van der Waals surface area (Å²) in [6, 6.07) is 4.18. The largest absolute Gasteiger partial charge is 0.457 e. The van der Waals surface area contributed by atoms with Crippen molar-refractivity contribution in [3.8, 4) is 5.75 Å². The lowest BCUT2D eigenvalue weighted by molar-refractivity contribution is -0.0499. The van der Waals surface area contributed by atoms with E-state index in [0.717, 1.165) is 0 Å². The van der Waals surface area contributed by atoms with Gasteiger partial charge in [-0.15, -0.1) is 0 Å². The van der Waals surface area contributed by atoms with Crippen molar-refractivity contribution in [2.45, 2.75) is 13.2 Å². The van der Waals surface area contributed by atoms with Crippen molar-refractivity contribution in [2.75, 3.05) is 0 Å². The molecule has 14 heavy (non-hydrogen) atoms. The number of hydrogen-bond acceptors (Lipinski definition) is 3. The molecule has 0 aliphatic carbocycles. The van der Waals surface area contributed by atoms with Crippen LogP contribution in [-0.4, -0.2) is 12.6 Å². The molecule has 0 fully saturated rings. The summed E-state index contributed by atoms with van der Waals surface area (Å²) in [4.78, 5) is 11.0. The smallest absolute Gasteiger partial charge is 0.387 e. The second-order valence-corrected chi connectivity index (χ2v) is 2.77. The third kappa shape index (κ3) is 1.53. The van der Waals surface area contributed by atoms with E-state index in [9.17, 15) is 13.6 Å². The van der Waals surface area contributed by atoms with Gasteiger partial charge in [-0.25, -0.2) is 4.79 Å². The Balaban J connectivity index is 2.30. The van der Waals surface area contributed by atoms with E-state index in [-0.39, 0.29) is 12.4 Å². The molecule has 5 heteroatoms. The number of cyclic esters (lactones) is 1. The van der Waals surface area contributed by atoms with Gasteiger partial charge in [0.05, 0.1) is 5.56 Å². The molecule has 0 aromatic heterocycles. The molecule has 3 nitrogen and oxygen atoms in total. The first-order chi connectivity index (χ1) is 6.66. The van der Waals surface area contributed by atoms with Gasteiger partial charge in [0.2, 0.25) is 0 Å². The third-order valence-electron chi connectivity index (χ3n) is 1.89. The van der Waals surface area contributed by atoms with Crippen molar-refractivity contribution in [3.05, 3.63) is 29.3 Å². The predicted octanol–water partition coefficient (Wildman–Crippen LogP) is 1.96. The molecule has 2 rings (SSSR count). The van der Waals surface area contributed by atoms with Crippen LogP contribution in [0.15, 0.2) is 18.2 Å². The molecule has 1 aromatic carbocycles. The van der Waals surface area contributed by atoms with Gasteiger partial charge in [-0.3, -0.25) is 0 Å². The summed E-state index contributed by atoms with van der Waals surface area (Å²) in [6.45, 7) is -2.69. The van der Waals surface area contributed by atoms with Gasteiger partial charge in [-0.1, -0.05) is 6.07 Å². The maximum atomic E-state index is 11.8. The molecule has 1 heterocycles. The zero-order chi connectivity index (χ0) is 10.1. The molecule has 0 atom stereocenters. The molecule has 1 aliphatic heterocycles. The number of halogens is 2.